The van der Waals surface area contributed by atoms with Crippen molar-refractivity contribution in [1.82, 2.24) is 0 Å². The number of nitrogen functional groups attached to an aromatic ring is 2. The zero-order valence-corrected chi connectivity index (χ0v) is 10.7. The standard InChI is InChI=1S/C14H11BrN2/c15-8-5-6-11-12(7-8)9-3-1-2-4-10(9)13(16)14(11)17/h1-7H,16-17H2. The first-order valence-electron chi connectivity index (χ1n) is 5.33. The van der Waals surface area contributed by atoms with Crippen LogP contribution in [0.25, 0.3) is 21.5 Å². The van der Waals surface area contributed by atoms with Crippen LogP contribution in [0.15, 0.2) is 46.9 Å². The number of hydrogen-bond donors (Lipinski definition) is 2. The van der Waals surface area contributed by atoms with Gasteiger partial charge in [0.05, 0.1) is 11.4 Å². The minimum absolute atomic E-state index is 0.659. The number of hydrogen-bond acceptors (Lipinski definition) is 2. The number of anilines is 2. The van der Waals surface area contributed by atoms with E-state index in [1.54, 1.807) is 0 Å². The minimum Gasteiger partial charge on any atom is -0.397 e. The predicted molar refractivity (Wildman–Crippen MR) is 78.0 cm³/mol. The molecule has 0 saturated heterocycles. The molecule has 17 heavy (non-hydrogen) atoms. The fraction of sp³-hybridized carbons (Fsp3) is 0. The Bertz CT molecular complexity index is 735. The van der Waals surface area contributed by atoms with Crippen molar-refractivity contribution in [2.45, 2.75) is 0 Å². The van der Waals surface area contributed by atoms with Crippen LogP contribution in [0.5, 0.6) is 0 Å². The average Bonchev–Trinajstić information content (AvgIpc) is 2.36. The molecule has 0 aromatic heterocycles. The summed E-state index contributed by atoms with van der Waals surface area (Å²) in [4.78, 5) is 0. The number of nitrogens with two attached hydrogens (primary N) is 2. The maximum Gasteiger partial charge on any atom is 0.0634 e. The summed E-state index contributed by atoms with van der Waals surface area (Å²) in [6.07, 6.45) is 0. The highest BCUT2D eigenvalue weighted by Gasteiger charge is 2.09. The summed E-state index contributed by atoms with van der Waals surface area (Å²) in [5.41, 5.74) is 13.5. The molecule has 0 spiro atoms. The van der Waals surface area contributed by atoms with Crippen molar-refractivity contribution in [3.8, 4) is 0 Å². The van der Waals surface area contributed by atoms with Crippen molar-refractivity contribution >= 4 is 48.8 Å². The number of benzene rings is 3. The van der Waals surface area contributed by atoms with Gasteiger partial charge in [-0.05, 0) is 22.9 Å². The third-order valence-corrected chi connectivity index (χ3v) is 3.56. The summed E-state index contributed by atoms with van der Waals surface area (Å²) in [6, 6.07) is 14.1. The molecule has 0 unspecified atom stereocenters. The first kappa shape index (κ1) is 10.4. The van der Waals surface area contributed by atoms with Crippen LogP contribution in [0.3, 0.4) is 0 Å². The van der Waals surface area contributed by atoms with E-state index >= 15 is 0 Å². The zero-order valence-electron chi connectivity index (χ0n) is 9.07. The molecule has 0 saturated carbocycles. The molecule has 4 N–H and O–H groups in total. The van der Waals surface area contributed by atoms with Gasteiger partial charge in [0, 0.05) is 15.2 Å². The molecule has 0 radical (unpaired) electrons. The molecule has 2 nitrogen and oxygen atoms in total. The maximum atomic E-state index is 6.09. The molecule has 0 heterocycles. The number of fused-ring (bicyclic) bond motifs is 3. The van der Waals surface area contributed by atoms with Crippen LogP contribution < -0.4 is 11.5 Å². The van der Waals surface area contributed by atoms with Crippen LogP contribution in [0.2, 0.25) is 0 Å². The molecule has 84 valence electrons. The molecule has 0 bridgehead atoms. The lowest BCUT2D eigenvalue weighted by Gasteiger charge is -2.11. The second-order valence-electron chi connectivity index (χ2n) is 4.06. The van der Waals surface area contributed by atoms with Crippen LogP contribution in [0, 0.1) is 0 Å². The normalized spacial score (nSPS) is 11.1. The molecule has 3 aromatic carbocycles. The van der Waals surface area contributed by atoms with Gasteiger partial charge in [-0.15, -0.1) is 0 Å². The van der Waals surface area contributed by atoms with Crippen LogP contribution in [-0.4, -0.2) is 0 Å². The Morgan fingerprint density at radius 2 is 1.29 bits per heavy atom. The van der Waals surface area contributed by atoms with Crippen molar-refractivity contribution < 1.29 is 0 Å². The van der Waals surface area contributed by atoms with Gasteiger partial charge < -0.3 is 11.5 Å². The highest BCUT2D eigenvalue weighted by Crippen LogP contribution is 2.37. The molecule has 0 aliphatic rings. The van der Waals surface area contributed by atoms with Gasteiger partial charge in [0.25, 0.3) is 0 Å². The Labute approximate surface area is 107 Å². The van der Waals surface area contributed by atoms with Gasteiger partial charge in [-0.25, -0.2) is 0 Å². The molecule has 0 aliphatic carbocycles. The Morgan fingerprint density at radius 3 is 2.00 bits per heavy atom. The van der Waals surface area contributed by atoms with Crippen LogP contribution in [0.4, 0.5) is 11.4 Å². The largest absolute Gasteiger partial charge is 0.397 e. The average molecular weight is 287 g/mol. The Hall–Kier alpha value is -1.74. The highest BCUT2D eigenvalue weighted by atomic mass is 79.9. The first-order chi connectivity index (χ1) is 8.18. The van der Waals surface area contributed by atoms with Gasteiger partial charge >= 0.3 is 0 Å². The monoisotopic (exact) mass is 286 g/mol. The Balaban J connectivity index is 2.66. The van der Waals surface area contributed by atoms with Crippen LogP contribution >= 0.6 is 15.9 Å². The summed E-state index contributed by atoms with van der Waals surface area (Å²) in [5.74, 6) is 0. The summed E-state index contributed by atoms with van der Waals surface area (Å²) >= 11 is 3.49. The zero-order chi connectivity index (χ0) is 12.0. The molecule has 0 aliphatic heterocycles. The van der Waals surface area contributed by atoms with Crippen molar-refractivity contribution in [3.63, 3.8) is 0 Å². The topological polar surface area (TPSA) is 52.0 Å². The van der Waals surface area contributed by atoms with E-state index in [1.165, 1.54) is 0 Å². The van der Waals surface area contributed by atoms with Crippen LogP contribution in [0.1, 0.15) is 0 Å². The lowest BCUT2D eigenvalue weighted by molar-refractivity contribution is 1.70. The molecule has 0 fully saturated rings. The highest BCUT2D eigenvalue weighted by molar-refractivity contribution is 9.10. The molecule has 0 atom stereocenters. The van der Waals surface area contributed by atoms with Gasteiger partial charge in [-0.3, -0.25) is 0 Å². The molecule has 3 heteroatoms. The fourth-order valence-electron chi connectivity index (χ4n) is 2.22. The van der Waals surface area contributed by atoms with E-state index in [1.807, 2.05) is 30.3 Å². The number of halogens is 1. The Morgan fingerprint density at radius 1 is 0.706 bits per heavy atom. The summed E-state index contributed by atoms with van der Waals surface area (Å²) < 4.78 is 1.04. The van der Waals surface area contributed by atoms with Gasteiger partial charge in [-0.1, -0.05) is 46.3 Å². The van der Waals surface area contributed by atoms with Crippen molar-refractivity contribution in [1.29, 1.82) is 0 Å². The minimum atomic E-state index is 0.659. The quantitative estimate of drug-likeness (QED) is 0.374. The summed E-state index contributed by atoms with van der Waals surface area (Å²) in [7, 11) is 0. The van der Waals surface area contributed by atoms with Gasteiger partial charge in [0.15, 0.2) is 0 Å². The predicted octanol–water partition coefficient (Wildman–Crippen LogP) is 3.92. The van der Waals surface area contributed by atoms with E-state index in [-0.39, 0.29) is 0 Å². The van der Waals surface area contributed by atoms with Crippen molar-refractivity contribution in [3.05, 3.63) is 46.9 Å². The Kier molecular flexibility index (Phi) is 2.23. The van der Waals surface area contributed by atoms with Gasteiger partial charge in [0.2, 0.25) is 0 Å². The van der Waals surface area contributed by atoms with Crippen LogP contribution in [-0.2, 0) is 0 Å². The van der Waals surface area contributed by atoms with Gasteiger partial charge in [0.1, 0.15) is 0 Å². The van der Waals surface area contributed by atoms with E-state index < -0.39 is 0 Å². The van der Waals surface area contributed by atoms with Crippen molar-refractivity contribution in [2.75, 3.05) is 11.5 Å². The molecule has 3 rings (SSSR count). The lowest BCUT2D eigenvalue weighted by atomic mass is 9.99. The summed E-state index contributed by atoms with van der Waals surface area (Å²) in [6.45, 7) is 0. The molecular formula is C14H11BrN2. The molecular weight excluding hydrogens is 276 g/mol. The third kappa shape index (κ3) is 1.46. The first-order valence-corrected chi connectivity index (χ1v) is 6.12. The fourth-order valence-corrected chi connectivity index (χ4v) is 2.58. The van der Waals surface area contributed by atoms with E-state index in [0.29, 0.717) is 11.4 Å². The lowest BCUT2D eigenvalue weighted by Crippen LogP contribution is -1.97. The third-order valence-electron chi connectivity index (χ3n) is 3.07. The smallest absolute Gasteiger partial charge is 0.0634 e. The molecule has 0 amide bonds. The van der Waals surface area contributed by atoms with E-state index in [0.717, 1.165) is 26.0 Å². The van der Waals surface area contributed by atoms with E-state index in [4.69, 9.17) is 11.5 Å². The maximum absolute atomic E-state index is 6.09. The van der Waals surface area contributed by atoms with Crippen molar-refractivity contribution in [2.24, 2.45) is 0 Å². The molecule has 3 aromatic rings. The van der Waals surface area contributed by atoms with E-state index in [9.17, 15) is 0 Å². The second kappa shape index (κ2) is 3.64. The van der Waals surface area contributed by atoms with Gasteiger partial charge in [-0.2, -0.15) is 0 Å². The number of rotatable bonds is 0. The SMILES string of the molecule is Nc1c(N)c2ccc(Br)cc2c2ccccc12. The van der Waals surface area contributed by atoms with E-state index in [2.05, 4.69) is 28.1 Å². The second-order valence-corrected chi connectivity index (χ2v) is 4.98. The summed E-state index contributed by atoms with van der Waals surface area (Å²) in [5, 5.41) is 4.28.